The van der Waals surface area contributed by atoms with Crippen LogP contribution in [0, 0.1) is 0 Å². The fourth-order valence-corrected chi connectivity index (χ4v) is 3.36. The van der Waals surface area contributed by atoms with E-state index in [-0.39, 0.29) is 6.10 Å². The number of rotatable bonds is 3. The van der Waals surface area contributed by atoms with E-state index in [2.05, 4.69) is 44.5 Å². The first-order valence-corrected chi connectivity index (χ1v) is 8.70. The molecule has 1 aliphatic rings. The van der Waals surface area contributed by atoms with Crippen molar-refractivity contribution in [1.29, 1.82) is 0 Å². The highest BCUT2D eigenvalue weighted by atomic mass is 16.3. The summed E-state index contributed by atoms with van der Waals surface area (Å²) >= 11 is 0. The standard InChI is InChI=1S/C20H22N4O/c25-17-12-21-8-9-24(14-17)13-15-10-22-20(23-11-15)19-7-3-5-16-4-1-2-6-18(16)19/h1-7,10-11,17,21,25H,8-9,12-14H2. The van der Waals surface area contributed by atoms with Gasteiger partial charge in [-0.15, -0.1) is 0 Å². The Morgan fingerprint density at radius 1 is 1.08 bits per heavy atom. The third kappa shape index (κ3) is 3.69. The van der Waals surface area contributed by atoms with Gasteiger partial charge in [0.25, 0.3) is 0 Å². The van der Waals surface area contributed by atoms with Crippen molar-refractivity contribution in [2.75, 3.05) is 26.2 Å². The van der Waals surface area contributed by atoms with Crippen molar-refractivity contribution in [3.8, 4) is 11.4 Å². The number of aliphatic hydroxyl groups excluding tert-OH is 1. The maximum absolute atomic E-state index is 9.90. The average molecular weight is 334 g/mol. The normalized spacial score (nSPS) is 19.0. The summed E-state index contributed by atoms with van der Waals surface area (Å²) in [4.78, 5) is 11.4. The number of nitrogens with one attached hydrogen (secondary N) is 1. The number of aliphatic hydroxyl groups is 1. The third-order valence-corrected chi connectivity index (χ3v) is 4.60. The number of β-amino-alcohol motifs (C(OH)–C–C–N with tert-alkyl or cyclic N) is 1. The highest BCUT2D eigenvalue weighted by Gasteiger charge is 2.16. The van der Waals surface area contributed by atoms with Gasteiger partial charge in [-0.3, -0.25) is 4.90 Å². The summed E-state index contributed by atoms with van der Waals surface area (Å²) < 4.78 is 0. The van der Waals surface area contributed by atoms with Gasteiger partial charge in [0.1, 0.15) is 0 Å². The molecular formula is C20H22N4O. The molecule has 0 spiro atoms. The largest absolute Gasteiger partial charge is 0.390 e. The van der Waals surface area contributed by atoms with Gasteiger partial charge in [-0.2, -0.15) is 0 Å². The van der Waals surface area contributed by atoms with Crippen molar-refractivity contribution < 1.29 is 5.11 Å². The zero-order valence-electron chi connectivity index (χ0n) is 14.1. The Labute approximate surface area is 147 Å². The number of aromatic nitrogens is 2. The fraction of sp³-hybridized carbons (Fsp3) is 0.300. The fourth-order valence-electron chi connectivity index (χ4n) is 3.36. The molecule has 5 nitrogen and oxygen atoms in total. The lowest BCUT2D eigenvalue weighted by Gasteiger charge is -2.21. The molecule has 1 atom stereocenters. The zero-order valence-corrected chi connectivity index (χ0v) is 14.1. The molecule has 0 aliphatic carbocycles. The van der Waals surface area contributed by atoms with Gasteiger partial charge in [-0.05, 0) is 10.8 Å². The molecule has 25 heavy (non-hydrogen) atoms. The van der Waals surface area contributed by atoms with E-state index < -0.39 is 0 Å². The minimum atomic E-state index is -0.321. The van der Waals surface area contributed by atoms with Gasteiger partial charge in [0, 0.05) is 56.2 Å². The highest BCUT2D eigenvalue weighted by Crippen LogP contribution is 2.25. The Hall–Kier alpha value is -2.34. The van der Waals surface area contributed by atoms with Crippen molar-refractivity contribution in [3.63, 3.8) is 0 Å². The molecule has 0 bridgehead atoms. The molecule has 1 saturated heterocycles. The van der Waals surface area contributed by atoms with Gasteiger partial charge < -0.3 is 10.4 Å². The molecule has 5 heteroatoms. The van der Waals surface area contributed by atoms with E-state index in [0.717, 1.165) is 36.6 Å². The summed E-state index contributed by atoms with van der Waals surface area (Å²) in [6, 6.07) is 14.5. The van der Waals surface area contributed by atoms with Gasteiger partial charge >= 0.3 is 0 Å². The topological polar surface area (TPSA) is 61.3 Å². The Morgan fingerprint density at radius 3 is 2.76 bits per heavy atom. The first kappa shape index (κ1) is 16.1. The first-order chi connectivity index (χ1) is 12.3. The average Bonchev–Trinajstić information content (AvgIpc) is 2.86. The Kier molecular flexibility index (Phi) is 4.70. The van der Waals surface area contributed by atoms with Gasteiger partial charge in [0.2, 0.25) is 0 Å². The molecular weight excluding hydrogens is 312 g/mol. The molecule has 1 fully saturated rings. The van der Waals surface area contributed by atoms with E-state index in [4.69, 9.17) is 0 Å². The molecule has 2 aromatic carbocycles. The number of hydrogen-bond acceptors (Lipinski definition) is 5. The van der Waals surface area contributed by atoms with Crippen molar-refractivity contribution in [1.82, 2.24) is 20.2 Å². The van der Waals surface area contributed by atoms with Crippen molar-refractivity contribution in [2.45, 2.75) is 12.6 Å². The van der Waals surface area contributed by atoms with Crippen molar-refractivity contribution >= 4 is 10.8 Å². The third-order valence-electron chi connectivity index (χ3n) is 4.60. The molecule has 1 aliphatic heterocycles. The minimum Gasteiger partial charge on any atom is -0.390 e. The van der Waals surface area contributed by atoms with Crippen LogP contribution in [0.4, 0.5) is 0 Å². The van der Waals surface area contributed by atoms with E-state index >= 15 is 0 Å². The summed E-state index contributed by atoms with van der Waals surface area (Å²) in [6.45, 7) is 3.91. The summed E-state index contributed by atoms with van der Waals surface area (Å²) in [5.41, 5.74) is 2.12. The quantitative estimate of drug-likeness (QED) is 0.768. The van der Waals surface area contributed by atoms with Crippen molar-refractivity contribution in [3.05, 3.63) is 60.4 Å². The van der Waals surface area contributed by atoms with Crippen LogP contribution in [-0.4, -0.2) is 52.3 Å². The second-order valence-electron chi connectivity index (χ2n) is 6.53. The lowest BCUT2D eigenvalue weighted by molar-refractivity contribution is 0.127. The molecule has 1 unspecified atom stereocenters. The van der Waals surface area contributed by atoms with E-state index in [1.54, 1.807) is 0 Å². The summed E-state index contributed by atoms with van der Waals surface area (Å²) in [6.07, 6.45) is 3.47. The van der Waals surface area contributed by atoms with Crippen LogP contribution < -0.4 is 5.32 Å². The summed E-state index contributed by atoms with van der Waals surface area (Å²) in [7, 11) is 0. The monoisotopic (exact) mass is 334 g/mol. The molecule has 2 heterocycles. The maximum atomic E-state index is 9.90. The second kappa shape index (κ2) is 7.27. The minimum absolute atomic E-state index is 0.321. The SMILES string of the molecule is OC1CNCCN(Cc2cnc(-c3cccc4ccccc34)nc2)C1. The van der Waals surface area contributed by atoms with E-state index in [0.29, 0.717) is 13.1 Å². The van der Waals surface area contributed by atoms with E-state index in [1.807, 2.05) is 30.6 Å². The van der Waals surface area contributed by atoms with E-state index in [9.17, 15) is 5.11 Å². The number of hydrogen-bond donors (Lipinski definition) is 2. The van der Waals surface area contributed by atoms with Crippen LogP contribution in [0.25, 0.3) is 22.2 Å². The van der Waals surface area contributed by atoms with Crippen LogP contribution in [0.15, 0.2) is 54.9 Å². The second-order valence-corrected chi connectivity index (χ2v) is 6.53. The highest BCUT2D eigenvalue weighted by molar-refractivity contribution is 5.94. The smallest absolute Gasteiger partial charge is 0.159 e. The van der Waals surface area contributed by atoms with Crippen LogP contribution in [0.5, 0.6) is 0 Å². The van der Waals surface area contributed by atoms with Gasteiger partial charge in [-0.1, -0.05) is 42.5 Å². The molecule has 0 amide bonds. The number of fused-ring (bicyclic) bond motifs is 1. The van der Waals surface area contributed by atoms with Crippen LogP contribution >= 0.6 is 0 Å². The molecule has 0 saturated carbocycles. The van der Waals surface area contributed by atoms with E-state index in [1.165, 1.54) is 10.8 Å². The Morgan fingerprint density at radius 2 is 1.88 bits per heavy atom. The zero-order chi connectivity index (χ0) is 17.1. The molecule has 128 valence electrons. The molecule has 1 aromatic heterocycles. The van der Waals surface area contributed by atoms with Crippen molar-refractivity contribution in [2.24, 2.45) is 0 Å². The van der Waals surface area contributed by atoms with Gasteiger partial charge in [0.15, 0.2) is 5.82 Å². The predicted molar refractivity (Wildman–Crippen MR) is 99.1 cm³/mol. The first-order valence-electron chi connectivity index (χ1n) is 8.70. The van der Waals surface area contributed by atoms with Crippen LogP contribution in [0.3, 0.4) is 0 Å². The maximum Gasteiger partial charge on any atom is 0.159 e. The van der Waals surface area contributed by atoms with Crippen LogP contribution in [-0.2, 0) is 6.54 Å². The van der Waals surface area contributed by atoms with Gasteiger partial charge in [-0.25, -0.2) is 9.97 Å². The molecule has 4 rings (SSSR count). The molecule has 3 aromatic rings. The lowest BCUT2D eigenvalue weighted by atomic mass is 10.0. The lowest BCUT2D eigenvalue weighted by Crippen LogP contribution is -2.32. The Balaban J connectivity index is 1.55. The van der Waals surface area contributed by atoms with Crippen LogP contribution in [0.1, 0.15) is 5.56 Å². The Bertz CT molecular complexity index is 844. The van der Waals surface area contributed by atoms with Crippen LogP contribution in [0.2, 0.25) is 0 Å². The number of nitrogens with zero attached hydrogens (tertiary/aromatic N) is 3. The summed E-state index contributed by atoms with van der Waals surface area (Å²) in [5, 5.41) is 15.5. The predicted octanol–water partition coefficient (Wildman–Crippen LogP) is 2.06. The van der Waals surface area contributed by atoms with Gasteiger partial charge in [0.05, 0.1) is 6.10 Å². The molecule has 2 N–H and O–H groups in total. The molecule has 0 radical (unpaired) electrons. The summed E-state index contributed by atoms with van der Waals surface area (Å²) in [5.74, 6) is 0.748. The number of benzene rings is 2.